The van der Waals surface area contributed by atoms with Crippen molar-refractivity contribution in [3.05, 3.63) is 20.8 Å². The molecule has 0 aromatic carbocycles. The van der Waals surface area contributed by atoms with Crippen molar-refractivity contribution in [1.82, 2.24) is 4.90 Å². The minimum atomic E-state index is -0.00588. The molecule has 0 aliphatic heterocycles. The van der Waals surface area contributed by atoms with Crippen molar-refractivity contribution in [3.8, 4) is 0 Å². The number of rotatable bonds is 8. The van der Waals surface area contributed by atoms with E-state index in [-0.39, 0.29) is 25.3 Å². The predicted molar refractivity (Wildman–Crippen MR) is 78.8 cm³/mol. The summed E-state index contributed by atoms with van der Waals surface area (Å²) in [6.45, 7) is 3.23. The fourth-order valence-corrected chi connectivity index (χ4v) is 3.65. The van der Waals surface area contributed by atoms with E-state index in [0.29, 0.717) is 13.1 Å². The Bertz CT molecular complexity index is 343. The summed E-state index contributed by atoms with van der Waals surface area (Å²) in [6.07, 6.45) is 0.855. The second-order valence-corrected chi connectivity index (χ2v) is 6.64. The van der Waals surface area contributed by atoms with Crippen molar-refractivity contribution in [2.24, 2.45) is 5.73 Å². The molecule has 0 saturated heterocycles. The SMILES string of the molecule is CCC(N)C(c1ccc(Br)s1)N(CCO)CCO. The van der Waals surface area contributed by atoms with Crippen LogP contribution in [0.25, 0.3) is 0 Å². The molecule has 0 amide bonds. The van der Waals surface area contributed by atoms with E-state index in [1.54, 1.807) is 11.3 Å². The average molecular weight is 337 g/mol. The van der Waals surface area contributed by atoms with Gasteiger partial charge in [0, 0.05) is 24.0 Å². The summed E-state index contributed by atoms with van der Waals surface area (Å²) in [5.74, 6) is 0. The first kappa shape index (κ1) is 16.1. The van der Waals surface area contributed by atoms with E-state index in [4.69, 9.17) is 15.9 Å². The Kier molecular flexibility index (Phi) is 7.36. The molecule has 1 aromatic heterocycles. The highest BCUT2D eigenvalue weighted by Crippen LogP contribution is 2.33. The maximum atomic E-state index is 9.15. The molecule has 0 fully saturated rings. The highest BCUT2D eigenvalue weighted by molar-refractivity contribution is 9.11. The van der Waals surface area contributed by atoms with Gasteiger partial charge in [-0.2, -0.15) is 0 Å². The van der Waals surface area contributed by atoms with Crippen LogP contribution in [0.1, 0.15) is 24.3 Å². The maximum absolute atomic E-state index is 9.15. The molecule has 4 nitrogen and oxygen atoms in total. The number of nitrogens with two attached hydrogens (primary N) is 1. The van der Waals surface area contributed by atoms with E-state index >= 15 is 0 Å². The molecular formula is C12H21BrN2O2S. The van der Waals surface area contributed by atoms with Crippen molar-refractivity contribution < 1.29 is 10.2 Å². The number of halogens is 1. The molecule has 104 valence electrons. The smallest absolute Gasteiger partial charge is 0.0702 e. The Hall–Kier alpha value is 0.0200. The summed E-state index contributed by atoms with van der Waals surface area (Å²) < 4.78 is 1.07. The van der Waals surface area contributed by atoms with Crippen LogP contribution in [-0.2, 0) is 0 Å². The third-order valence-corrected chi connectivity index (χ3v) is 4.62. The van der Waals surface area contributed by atoms with Gasteiger partial charge in [0.05, 0.1) is 23.0 Å². The number of hydrogen-bond donors (Lipinski definition) is 3. The van der Waals surface area contributed by atoms with Crippen LogP contribution in [0.4, 0.5) is 0 Å². The maximum Gasteiger partial charge on any atom is 0.0702 e. The van der Waals surface area contributed by atoms with Gasteiger partial charge in [0.25, 0.3) is 0 Å². The topological polar surface area (TPSA) is 69.7 Å². The lowest BCUT2D eigenvalue weighted by Gasteiger charge is -2.33. The van der Waals surface area contributed by atoms with Gasteiger partial charge in [-0.05, 0) is 34.5 Å². The first-order chi connectivity index (χ1) is 8.63. The molecule has 0 radical (unpaired) electrons. The summed E-state index contributed by atoms with van der Waals surface area (Å²) in [4.78, 5) is 3.21. The number of aliphatic hydroxyl groups is 2. The zero-order valence-corrected chi connectivity index (χ0v) is 13.0. The third-order valence-electron chi connectivity index (χ3n) is 2.93. The van der Waals surface area contributed by atoms with Crippen LogP contribution in [0.5, 0.6) is 0 Å². The zero-order valence-electron chi connectivity index (χ0n) is 10.6. The summed E-state index contributed by atoms with van der Waals surface area (Å²) in [7, 11) is 0. The lowest BCUT2D eigenvalue weighted by Crippen LogP contribution is -2.43. The minimum Gasteiger partial charge on any atom is -0.395 e. The van der Waals surface area contributed by atoms with Gasteiger partial charge in [0.1, 0.15) is 0 Å². The molecule has 2 atom stereocenters. The van der Waals surface area contributed by atoms with Crippen LogP contribution >= 0.6 is 27.3 Å². The lowest BCUT2D eigenvalue weighted by molar-refractivity contribution is 0.109. The number of aliphatic hydroxyl groups excluding tert-OH is 2. The fourth-order valence-electron chi connectivity index (χ4n) is 2.02. The highest BCUT2D eigenvalue weighted by Gasteiger charge is 2.26. The van der Waals surface area contributed by atoms with Gasteiger partial charge in [-0.1, -0.05) is 6.92 Å². The van der Waals surface area contributed by atoms with Crippen LogP contribution in [-0.4, -0.2) is 47.5 Å². The van der Waals surface area contributed by atoms with Crippen molar-refractivity contribution >= 4 is 27.3 Å². The molecule has 1 rings (SSSR count). The predicted octanol–water partition coefficient (Wildman–Crippen LogP) is 1.58. The molecule has 0 aliphatic carbocycles. The fraction of sp³-hybridized carbons (Fsp3) is 0.667. The minimum absolute atomic E-state index is 0.00588. The Balaban J connectivity index is 2.94. The second-order valence-electron chi connectivity index (χ2n) is 4.14. The van der Waals surface area contributed by atoms with Crippen LogP contribution in [0.15, 0.2) is 15.9 Å². The summed E-state index contributed by atoms with van der Waals surface area (Å²) in [5, 5.41) is 18.3. The molecule has 2 unspecified atom stereocenters. The van der Waals surface area contributed by atoms with E-state index < -0.39 is 0 Å². The van der Waals surface area contributed by atoms with Crippen LogP contribution < -0.4 is 5.73 Å². The Morgan fingerprint density at radius 2 is 1.94 bits per heavy atom. The molecule has 0 spiro atoms. The monoisotopic (exact) mass is 336 g/mol. The quantitative estimate of drug-likeness (QED) is 0.674. The van der Waals surface area contributed by atoms with Crippen molar-refractivity contribution in [2.45, 2.75) is 25.4 Å². The first-order valence-electron chi connectivity index (χ1n) is 6.10. The van der Waals surface area contributed by atoms with Gasteiger partial charge in [-0.3, -0.25) is 4.90 Å². The van der Waals surface area contributed by atoms with Crippen molar-refractivity contribution in [3.63, 3.8) is 0 Å². The third kappa shape index (κ3) is 4.29. The van der Waals surface area contributed by atoms with E-state index in [1.807, 2.05) is 11.0 Å². The van der Waals surface area contributed by atoms with Gasteiger partial charge < -0.3 is 15.9 Å². The molecule has 4 N–H and O–H groups in total. The van der Waals surface area contributed by atoms with Crippen molar-refractivity contribution in [1.29, 1.82) is 0 Å². The summed E-state index contributed by atoms with van der Waals surface area (Å²) >= 11 is 5.11. The van der Waals surface area contributed by atoms with E-state index in [9.17, 15) is 0 Å². The molecular weight excluding hydrogens is 316 g/mol. The van der Waals surface area contributed by atoms with Crippen molar-refractivity contribution in [2.75, 3.05) is 26.3 Å². The van der Waals surface area contributed by atoms with Crippen LogP contribution in [0.3, 0.4) is 0 Å². The lowest BCUT2D eigenvalue weighted by atomic mass is 10.0. The van der Waals surface area contributed by atoms with E-state index in [0.717, 1.165) is 15.1 Å². The molecule has 1 aromatic rings. The van der Waals surface area contributed by atoms with Gasteiger partial charge in [-0.25, -0.2) is 0 Å². The van der Waals surface area contributed by atoms with Gasteiger partial charge in [0.15, 0.2) is 0 Å². The standard InChI is InChI=1S/C12H21BrN2O2S/c1-2-9(14)12(10-3-4-11(13)18-10)15(5-7-16)6-8-17/h3-4,9,12,16-17H,2,5-8,14H2,1H3. The first-order valence-corrected chi connectivity index (χ1v) is 7.71. The van der Waals surface area contributed by atoms with Gasteiger partial charge >= 0.3 is 0 Å². The van der Waals surface area contributed by atoms with E-state index in [2.05, 4.69) is 28.9 Å². The number of hydrogen-bond acceptors (Lipinski definition) is 5. The normalized spacial score (nSPS) is 15.0. The number of nitrogens with zero attached hydrogens (tertiary/aromatic N) is 1. The number of thiophene rings is 1. The largest absolute Gasteiger partial charge is 0.395 e. The zero-order chi connectivity index (χ0) is 13.5. The van der Waals surface area contributed by atoms with Crippen LogP contribution in [0.2, 0.25) is 0 Å². The molecule has 0 saturated carbocycles. The molecule has 0 bridgehead atoms. The molecule has 18 heavy (non-hydrogen) atoms. The average Bonchev–Trinajstić information content (AvgIpc) is 2.76. The molecule has 0 aliphatic rings. The Labute approximate surface area is 121 Å². The van der Waals surface area contributed by atoms with Gasteiger partial charge in [-0.15, -0.1) is 11.3 Å². The Morgan fingerprint density at radius 1 is 1.33 bits per heavy atom. The van der Waals surface area contributed by atoms with Crippen LogP contribution in [0, 0.1) is 0 Å². The van der Waals surface area contributed by atoms with Gasteiger partial charge in [0.2, 0.25) is 0 Å². The summed E-state index contributed by atoms with van der Waals surface area (Å²) in [6, 6.07) is 4.10. The summed E-state index contributed by atoms with van der Waals surface area (Å²) in [5.41, 5.74) is 6.21. The Morgan fingerprint density at radius 3 is 2.33 bits per heavy atom. The molecule has 1 heterocycles. The second kappa shape index (κ2) is 8.24. The molecule has 6 heteroatoms. The highest BCUT2D eigenvalue weighted by atomic mass is 79.9. The van der Waals surface area contributed by atoms with E-state index in [1.165, 1.54) is 0 Å².